The number of oxime groups is 1. The van der Waals surface area contributed by atoms with Gasteiger partial charge in [0.2, 0.25) is 0 Å². The van der Waals surface area contributed by atoms with E-state index in [0.717, 1.165) is 44.2 Å². The van der Waals surface area contributed by atoms with E-state index in [4.69, 9.17) is 0 Å². The zero-order valence-corrected chi connectivity index (χ0v) is 15.8. The van der Waals surface area contributed by atoms with Crippen molar-refractivity contribution in [2.75, 3.05) is 0 Å². The molecule has 0 aromatic carbocycles. The molecule has 4 nitrogen and oxygen atoms in total. The molecular formula is C21H33NO3. The number of rotatable bonds is 1. The molecule has 0 spiro atoms. The summed E-state index contributed by atoms with van der Waals surface area (Å²) in [5, 5.41) is 34.2. The first kappa shape index (κ1) is 17.5. The van der Waals surface area contributed by atoms with Crippen LogP contribution in [-0.4, -0.2) is 33.3 Å². The van der Waals surface area contributed by atoms with E-state index in [0.29, 0.717) is 17.8 Å². The van der Waals surface area contributed by atoms with Gasteiger partial charge in [-0.25, -0.2) is 0 Å². The summed E-state index contributed by atoms with van der Waals surface area (Å²) in [4.78, 5) is 0. The SMILES string of the molecule is C/C(=N\O)C1CCC2C3CC=C4C[C@@H](O)CC[C@]4(C)C3C(O)C[C@]12C. The number of nitrogens with zero attached hydrogens (tertiary/aromatic N) is 1. The van der Waals surface area contributed by atoms with Crippen LogP contribution in [0.1, 0.15) is 65.7 Å². The van der Waals surface area contributed by atoms with Crippen LogP contribution in [0.3, 0.4) is 0 Å². The summed E-state index contributed by atoms with van der Waals surface area (Å²) < 4.78 is 0. The summed E-state index contributed by atoms with van der Waals surface area (Å²) in [6.45, 7) is 6.58. The molecule has 140 valence electrons. The van der Waals surface area contributed by atoms with E-state index in [1.165, 1.54) is 12.0 Å². The Morgan fingerprint density at radius 2 is 1.96 bits per heavy atom. The van der Waals surface area contributed by atoms with Crippen molar-refractivity contribution in [1.29, 1.82) is 0 Å². The Labute approximate surface area is 151 Å². The van der Waals surface area contributed by atoms with E-state index in [1.807, 2.05) is 6.92 Å². The molecule has 3 saturated carbocycles. The molecule has 4 heteroatoms. The quantitative estimate of drug-likeness (QED) is 0.293. The third-order valence-electron chi connectivity index (χ3n) is 8.67. The molecule has 0 bridgehead atoms. The fourth-order valence-electron chi connectivity index (χ4n) is 7.53. The summed E-state index contributed by atoms with van der Waals surface area (Å²) in [7, 11) is 0. The summed E-state index contributed by atoms with van der Waals surface area (Å²) in [6, 6.07) is 0. The summed E-state index contributed by atoms with van der Waals surface area (Å²) in [5.74, 6) is 1.69. The predicted molar refractivity (Wildman–Crippen MR) is 97.5 cm³/mol. The molecule has 4 rings (SSSR count). The average molecular weight is 347 g/mol. The van der Waals surface area contributed by atoms with E-state index in [2.05, 4.69) is 25.1 Å². The Morgan fingerprint density at radius 3 is 2.68 bits per heavy atom. The molecule has 3 fully saturated rings. The lowest BCUT2D eigenvalue weighted by Crippen LogP contribution is -2.56. The van der Waals surface area contributed by atoms with Gasteiger partial charge in [0.1, 0.15) is 0 Å². The van der Waals surface area contributed by atoms with E-state index in [1.54, 1.807) is 0 Å². The minimum Gasteiger partial charge on any atom is -0.411 e. The van der Waals surface area contributed by atoms with Crippen molar-refractivity contribution in [2.24, 2.45) is 39.7 Å². The van der Waals surface area contributed by atoms with Crippen LogP contribution >= 0.6 is 0 Å². The minimum atomic E-state index is -0.303. The number of aliphatic hydroxyl groups excluding tert-OH is 2. The molecule has 0 aliphatic heterocycles. The topological polar surface area (TPSA) is 73.1 Å². The van der Waals surface area contributed by atoms with E-state index < -0.39 is 0 Å². The van der Waals surface area contributed by atoms with Crippen LogP contribution < -0.4 is 0 Å². The first-order valence-corrected chi connectivity index (χ1v) is 10.1. The zero-order chi connectivity index (χ0) is 18.0. The third-order valence-corrected chi connectivity index (χ3v) is 8.67. The van der Waals surface area contributed by atoms with Crippen LogP contribution in [0.4, 0.5) is 0 Å². The highest BCUT2D eigenvalue weighted by molar-refractivity contribution is 5.85. The minimum absolute atomic E-state index is 0.0345. The van der Waals surface area contributed by atoms with Gasteiger partial charge in [-0.15, -0.1) is 0 Å². The number of hydrogen-bond acceptors (Lipinski definition) is 4. The largest absolute Gasteiger partial charge is 0.411 e. The second-order valence-electron chi connectivity index (χ2n) is 9.72. The predicted octanol–water partition coefficient (Wildman–Crippen LogP) is 3.75. The van der Waals surface area contributed by atoms with Crippen molar-refractivity contribution in [3.63, 3.8) is 0 Å². The Morgan fingerprint density at radius 1 is 1.20 bits per heavy atom. The van der Waals surface area contributed by atoms with Crippen molar-refractivity contribution in [2.45, 2.75) is 77.9 Å². The van der Waals surface area contributed by atoms with Gasteiger partial charge in [-0.2, -0.15) is 0 Å². The average Bonchev–Trinajstić information content (AvgIpc) is 2.91. The maximum atomic E-state index is 11.3. The van der Waals surface area contributed by atoms with Crippen molar-refractivity contribution >= 4 is 5.71 Å². The molecule has 3 N–H and O–H groups in total. The molecular weight excluding hydrogens is 314 g/mol. The van der Waals surface area contributed by atoms with Gasteiger partial charge in [0.25, 0.3) is 0 Å². The molecule has 4 aliphatic carbocycles. The number of aliphatic hydroxyl groups is 2. The molecule has 5 unspecified atom stereocenters. The fourth-order valence-corrected chi connectivity index (χ4v) is 7.53. The summed E-state index contributed by atoms with van der Waals surface area (Å²) in [5.41, 5.74) is 2.29. The zero-order valence-electron chi connectivity index (χ0n) is 15.8. The molecule has 0 aromatic rings. The van der Waals surface area contributed by atoms with Crippen molar-refractivity contribution in [3.05, 3.63) is 11.6 Å². The van der Waals surface area contributed by atoms with Crippen LogP contribution in [-0.2, 0) is 0 Å². The Kier molecular flexibility index (Phi) is 4.08. The standard InChI is InChI=1S/C21H33NO3/c1-12(22-25)16-6-7-17-15-5-4-13-10-14(23)8-9-20(13,2)19(15)18(24)11-21(16,17)3/h4,14-19,23-25H,5-11H2,1-3H3/b22-12+/t14-,15?,16?,17?,18?,19?,20-,21+/m0/s1. The number of hydrogen-bond donors (Lipinski definition) is 3. The van der Waals surface area contributed by atoms with Gasteiger partial charge < -0.3 is 15.4 Å². The van der Waals surface area contributed by atoms with Crippen LogP contribution in [0.5, 0.6) is 0 Å². The van der Waals surface area contributed by atoms with Gasteiger partial charge in [-0.1, -0.05) is 30.7 Å². The Balaban J connectivity index is 1.71. The fraction of sp³-hybridized carbons (Fsp3) is 0.857. The second kappa shape index (κ2) is 5.82. The summed E-state index contributed by atoms with van der Waals surface area (Å²) in [6.07, 6.45) is 8.58. The smallest absolute Gasteiger partial charge is 0.0585 e. The molecule has 8 atom stereocenters. The van der Waals surface area contributed by atoms with E-state index in [-0.39, 0.29) is 29.0 Å². The van der Waals surface area contributed by atoms with Gasteiger partial charge in [0.05, 0.1) is 17.9 Å². The number of allylic oxidation sites excluding steroid dienone is 1. The number of fused-ring (bicyclic) bond motifs is 5. The van der Waals surface area contributed by atoms with Crippen molar-refractivity contribution in [1.82, 2.24) is 0 Å². The monoisotopic (exact) mass is 347 g/mol. The Bertz CT molecular complexity index is 614. The molecule has 25 heavy (non-hydrogen) atoms. The van der Waals surface area contributed by atoms with Gasteiger partial charge in [-0.3, -0.25) is 0 Å². The highest BCUT2D eigenvalue weighted by Gasteiger charge is 2.61. The van der Waals surface area contributed by atoms with Crippen molar-refractivity contribution < 1.29 is 15.4 Å². The maximum absolute atomic E-state index is 11.3. The highest BCUT2D eigenvalue weighted by atomic mass is 16.4. The van der Waals surface area contributed by atoms with Gasteiger partial charge in [-0.05, 0) is 80.5 Å². The van der Waals surface area contributed by atoms with Crippen molar-refractivity contribution in [3.8, 4) is 0 Å². The maximum Gasteiger partial charge on any atom is 0.0585 e. The normalized spacial score (nSPS) is 52.8. The first-order chi connectivity index (χ1) is 11.8. The molecule has 0 radical (unpaired) electrons. The van der Waals surface area contributed by atoms with E-state index in [9.17, 15) is 15.4 Å². The lowest BCUT2D eigenvalue weighted by Gasteiger charge is -2.59. The molecule has 4 aliphatic rings. The van der Waals surface area contributed by atoms with Gasteiger partial charge >= 0.3 is 0 Å². The van der Waals surface area contributed by atoms with Crippen LogP contribution in [0.15, 0.2) is 16.8 Å². The van der Waals surface area contributed by atoms with Crippen LogP contribution in [0, 0.1) is 34.5 Å². The molecule has 0 amide bonds. The lowest BCUT2D eigenvalue weighted by atomic mass is 9.46. The molecule has 0 aromatic heterocycles. The van der Waals surface area contributed by atoms with Crippen LogP contribution in [0.25, 0.3) is 0 Å². The molecule has 0 saturated heterocycles. The van der Waals surface area contributed by atoms with Gasteiger partial charge in [0.15, 0.2) is 0 Å². The first-order valence-electron chi connectivity index (χ1n) is 10.1. The summed E-state index contributed by atoms with van der Waals surface area (Å²) >= 11 is 0. The third kappa shape index (κ3) is 2.36. The van der Waals surface area contributed by atoms with Gasteiger partial charge in [0, 0.05) is 5.92 Å². The van der Waals surface area contributed by atoms with Crippen LogP contribution in [0.2, 0.25) is 0 Å². The second-order valence-corrected chi connectivity index (χ2v) is 9.72. The lowest BCUT2D eigenvalue weighted by molar-refractivity contribution is -0.120. The molecule has 0 heterocycles. The highest BCUT2D eigenvalue weighted by Crippen LogP contribution is 2.66. The van der Waals surface area contributed by atoms with E-state index >= 15 is 0 Å². The Hall–Kier alpha value is -0.870.